The van der Waals surface area contributed by atoms with Gasteiger partial charge < -0.3 is 9.47 Å². The fourth-order valence-electron chi connectivity index (χ4n) is 5.04. The molecule has 2 heterocycles. The maximum Gasteiger partial charge on any atom is 0.0670 e. The van der Waals surface area contributed by atoms with Gasteiger partial charge in [0.1, 0.15) is 0 Å². The Morgan fingerprint density at radius 1 is 0.743 bits per heavy atom. The number of aryl methyl sites for hydroxylation is 2. The molecule has 6 heteroatoms. The third-order valence-electron chi connectivity index (χ3n) is 6.81. The largest absolute Gasteiger partial charge is 0.361 e. The minimum absolute atomic E-state index is 0.157. The number of hydrogen-bond acceptors (Lipinski definition) is 2. The van der Waals surface area contributed by atoms with E-state index in [4.69, 9.17) is 34.8 Å². The van der Waals surface area contributed by atoms with Gasteiger partial charge in [0.15, 0.2) is 0 Å². The van der Waals surface area contributed by atoms with E-state index >= 15 is 0 Å². The number of anilines is 1. The minimum atomic E-state index is 0.157. The van der Waals surface area contributed by atoms with Gasteiger partial charge in [-0.2, -0.15) is 0 Å². The Morgan fingerprint density at radius 2 is 1.40 bits per heavy atom. The predicted molar refractivity (Wildman–Crippen MR) is 149 cm³/mol. The summed E-state index contributed by atoms with van der Waals surface area (Å²) in [4.78, 5) is 4.90. The van der Waals surface area contributed by atoms with Crippen LogP contribution in [0.5, 0.6) is 0 Å². The lowest BCUT2D eigenvalue weighted by Crippen LogP contribution is -2.48. The van der Waals surface area contributed by atoms with Crippen molar-refractivity contribution >= 4 is 40.5 Å². The van der Waals surface area contributed by atoms with E-state index in [1.807, 2.05) is 30.3 Å². The maximum atomic E-state index is 6.62. The number of halogens is 3. The lowest BCUT2D eigenvalue weighted by molar-refractivity contribution is 0.215. The van der Waals surface area contributed by atoms with Crippen LogP contribution in [0.25, 0.3) is 5.69 Å². The van der Waals surface area contributed by atoms with Crippen LogP contribution >= 0.6 is 34.8 Å². The number of hydrogen-bond donors (Lipinski definition) is 0. The Balaban J connectivity index is 1.37. The van der Waals surface area contributed by atoms with Crippen LogP contribution in [-0.4, -0.2) is 29.1 Å². The molecular weight excluding hydrogens is 497 g/mol. The van der Waals surface area contributed by atoms with E-state index in [-0.39, 0.29) is 6.04 Å². The summed E-state index contributed by atoms with van der Waals surface area (Å²) < 4.78 is 2.29. The van der Waals surface area contributed by atoms with Crippen molar-refractivity contribution in [3.8, 4) is 5.69 Å². The summed E-state index contributed by atoms with van der Waals surface area (Å²) in [5, 5.41) is 2.07. The topological polar surface area (TPSA) is 11.4 Å². The van der Waals surface area contributed by atoms with Gasteiger partial charge in [-0.15, -0.1) is 0 Å². The van der Waals surface area contributed by atoms with Crippen molar-refractivity contribution in [1.29, 1.82) is 0 Å². The van der Waals surface area contributed by atoms with Gasteiger partial charge in [0.05, 0.1) is 16.8 Å². The molecule has 35 heavy (non-hydrogen) atoms. The normalized spacial score (nSPS) is 16.6. The van der Waals surface area contributed by atoms with Gasteiger partial charge in [-0.25, -0.2) is 0 Å². The summed E-state index contributed by atoms with van der Waals surface area (Å²) in [6, 6.07) is 27.3. The highest BCUT2D eigenvalue weighted by Gasteiger charge is 2.29. The molecule has 0 spiro atoms. The second-order valence-corrected chi connectivity index (χ2v) is 10.5. The van der Waals surface area contributed by atoms with Crippen molar-refractivity contribution < 1.29 is 0 Å². The van der Waals surface area contributed by atoms with Gasteiger partial charge in [-0.3, -0.25) is 4.90 Å². The van der Waals surface area contributed by atoms with Crippen molar-refractivity contribution in [2.75, 3.05) is 24.5 Å². The predicted octanol–water partition coefficient (Wildman–Crippen LogP) is 8.12. The Labute approximate surface area is 222 Å². The summed E-state index contributed by atoms with van der Waals surface area (Å²) in [5.41, 5.74) is 7.24. The number of rotatable bonds is 5. The maximum absolute atomic E-state index is 6.62. The molecule has 0 radical (unpaired) electrons. The van der Waals surface area contributed by atoms with Gasteiger partial charge in [-0.1, -0.05) is 59.1 Å². The molecule has 0 aliphatic carbocycles. The first-order chi connectivity index (χ1) is 16.9. The smallest absolute Gasteiger partial charge is 0.0670 e. The van der Waals surface area contributed by atoms with Crippen LogP contribution < -0.4 is 4.90 Å². The number of nitrogens with zero attached hydrogens (tertiary/aromatic N) is 3. The average molecular weight is 525 g/mol. The van der Waals surface area contributed by atoms with Gasteiger partial charge >= 0.3 is 0 Å². The SMILES string of the molecule is Cc1ccc(C)n1-c1ccc(CN2CCN(c3ccc(Cl)cc3Cl)[C@H](c3ccc(Cl)cc3)C2)cc1. The second-order valence-electron chi connectivity index (χ2n) is 9.21. The molecule has 0 saturated carbocycles. The molecule has 1 saturated heterocycles. The fourth-order valence-corrected chi connectivity index (χ4v) is 5.68. The van der Waals surface area contributed by atoms with Crippen LogP contribution in [0.4, 0.5) is 5.69 Å². The first kappa shape index (κ1) is 24.3. The molecular formula is C29H28Cl3N3. The summed E-state index contributed by atoms with van der Waals surface area (Å²) in [7, 11) is 0. The summed E-state index contributed by atoms with van der Waals surface area (Å²) in [5.74, 6) is 0. The highest BCUT2D eigenvalue weighted by atomic mass is 35.5. The third kappa shape index (κ3) is 5.24. The third-order valence-corrected chi connectivity index (χ3v) is 7.60. The number of benzene rings is 3. The van der Waals surface area contributed by atoms with E-state index in [2.05, 4.69) is 76.7 Å². The van der Waals surface area contributed by atoms with Crippen LogP contribution in [0, 0.1) is 13.8 Å². The van der Waals surface area contributed by atoms with Crippen LogP contribution in [-0.2, 0) is 6.54 Å². The molecule has 1 aliphatic rings. The molecule has 0 bridgehead atoms. The van der Waals surface area contributed by atoms with E-state index < -0.39 is 0 Å². The van der Waals surface area contributed by atoms with Crippen molar-refractivity contribution in [2.45, 2.75) is 26.4 Å². The van der Waals surface area contributed by atoms with Crippen LogP contribution in [0.3, 0.4) is 0 Å². The standard InChI is InChI=1S/C29H28Cl3N3/c1-20-3-4-21(2)35(20)26-12-5-22(6-13-26)18-33-15-16-34(28-14-11-25(31)17-27(28)32)29(19-33)23-7-9-24(30)10-8-23/h3-14,17,29H,15-16,18-19H2,1-2H3/t29-/m0/s1. The molecule has 0 N–H and O–H groups in total. The lowest BCUT2D eigenvalue weighted by atomic mass is 10.0. The number of piperazine rings is 1. The van der Waals surface area contributed by atoms with Crippen LogP contribution in [0.1, 0.15) is 28.6 Å². The second kappa shape index (κ2) is 10.3. The molecule has 0 amide bonds. The number of aromatic nitrogens is 1. The Morgan fingerprint density at radius 3 is 2.06 bits per heavy atom. The molecule has 0 unspecified atom stereocenters. The minimum Gasteiger partial charge on any atom is -0.361 e. The molecule has 3 nitrogen and oxygen atoms in total. The quantitative estimate of drug-likeness (QED) is 0.261. The van der Waals surface area contributed by atoms with Gasteiger partial charge in [-0.05, 0) is 79.6 Å². The Kier molecular flexibility index (Phi) is 7.13. The summed E-state index contributed by atoms with van der Waals surface area (Å²) in [6.45, 7) is 7.89. The van der Waals surface area contributed by atoms with Crippen LogP contribution in [0.15, 0.2) is 78.9 Å². The molecule has 4 aromatic rings. The molecule has 1 atom stereocenters. The zero-order valence-corrected chi connectivity index (χ0v) is 22.2. The zero-order valence-electron chi connectivity index (χ0n) is 19.9. The van der Waals surface area contributed by atoms with E-state index in [0.29, 0.717) is 10.0 Å². The van der Waals surface area contributed by atoms with Crippen molar-refractivity contribution in [1.82, 2.24) is 9.47 Å². The Bertz CT molecular complexity index is 1290. The zero-order chi connectivity index (χ0) is 24.5. The van der Waals surface area contributed by atoms with Crippen LogP contribution in [0.2, 0.25) is 15.1 Å². The first-order valence-corrected chi connectivity index (χ1v) is 13.0. The van der Waals surface area contributed by atoms with E-state index in [0.717, 1.165) is 36.9 Å². The van der Waals surface area contributed by atoms with Gasteiger partial charge in [0, 0.05) is 53.3 Å². The first-order valence-electron chi connectivity index (χ1n) is 11.8. The highest BCUT2D eigenvalue weighted by molar-refractivity contribution is 6.36. The van der Waals surface area contributed by atoms with Crippen molar-refractivity contribution in [3.05, 3.63) is 116 Å². The molecule has 3 aromatic carbocycles. The molecule has 1 aromatic heterocycles. The van der Waals surface area contributed by atoms with Gasteiger partial charge in [0.2, 0.25) is 0 Å². The monoisotopic (exact) mass is 523 g/mol. The van der Waals surface area contributed by atoms with Crippen molar-refractivity contribution in [2.24, 2.45) is 0 Å². The van der Waals surface area contributed by atoms with Crippen molar-refractivity contribution in [3.63, 3.8) is 0 Å². The molecule has 5 rings (SSSR count). The molecule has 180 valence electrons. The average Bonchev–Trinajstić information content (AvgIpc) is 3.18. The van der Waals surface area contributed by atoms with E-state index in [1.54, 1.807) is 0 Å². The lowest BCUT2D eigenvalue weighted by Gasteiger charge is -2.43. The summed E-state index contributed by atoms with van der Waals surface area (Å²) in [6.07, 6.45) is 0. The molecule has 1 fully saturated rings. The Hall–Kier alpha value is -2.43. The van der Waals surface area contributed by atoms with E-state index in [9.17, 15) is 0 Å². The fraction of sp³-hybridized carbons (Fsp3) is 0.241. The highest BCUT2D eigenvalue weighted by Crippen LogP contribution is 2.37. The van der Waals surface area contributed by atoms with Gasteiger partial charge in [0.25, 0.3) is 0 Å². The molecule has 1 aliphatic heterocycles. The summed E-state index contributed by atoms with van der Waals surface area (Å²) >= 11 is 19.0. The van der Waals surface area contributed by atoms with E-state index in [1.165, 1.54) is 28.2 Å².